The smallest absolute Gasteiger partial charge is 0.100 e. The molecule has 0 saturated carbocycles. The zero-order valence-electron chi connectivity index (χ0n) is 10.6. The van der Waals surface area contributed by atoms with Crippen molar-refractivity contribution in [1.82, 2.24) is 14.9 Å². The number of benzene rings is 2. The molecule has 0 fully saturated rings. The van der Waals surface area contributed by atoms with Gasteiger partial charge in [-0.05, 0) is 30.8 Å². The van der Waals surface area contributed by atoms with Crippen LogP contribution in [0.1, 0.15) is 5.56 Å². The van der Waals surface area contributed by atoms with Crippen molar-refractivity contribution in [3.05, 3.63) is 59.4 Å². The van der Waals surface area contributed by atoms with Crippen molar-refractivity contribution in [3.8, 4) is 5.69 Å². The highest BCUT2D eigenvalue weighted by atomic mass is 35.5. The molecule has 0 spiro atoms. The van der Waals surface area contributed by atoms with Gasteiger partial charge >= 0.3 is 0 Å². The predicted molar refractivity (Wildman–Crippen MR) is 78.8 cm³/mol. The highest BCUT2D eigenvalue weighted by molar-refractivity contribution is 6.32. The summed E-state index contributed by atoms with van der Waals surface area (Å²) in [5.41, 5.74) is 4.18. The summed E-state index contributed by atoms with van der Waals surface area (Å²) in [6, 6.07) is 14.0. The van der Waals surface area contributed by atoms with E-state index in [1.807, 2.05) is 48.3 Å². The van der Waals surface area contributed by atoms with Gasteiger partial charge in [-0.25, -0.2) is 4.98 Å². The first-order valence-corrected chi connectivity index (χ1v) is 6.53. The molecule has 1 N–H and O–H groups in total. The van der Waals surface area contributed by atoms with E-state index in [0.717, 1.165) is 33.9 Å². The van der Waals surface area contributed by atoms with Crippen molar-refractivity contribution in [3.63, 3.8) is 0 Å². The number of para-hydroxylation sites is 3. The van der Waals surface area contributed by atoms with Gasteiger partial charge in [0, 0.05) is 6.54 Å². The molecular weight excluding hydrogens is 258 g/mol. The Kier molecular flexibility index (Phi) is 3.23. The van der Waals surface area contributed by atoms with E-state index in [1.54, 1.807) is 0 Å². The Morgan fingerprint density at radius 2 is 2.00 bits per heavy atom. The quantitative estimate of drug-likeness (QED) is 0.791. The lowest BCUT2D eigenvalue weighted by Crippen LogP contribution is -2.09. The molecule has 96 valence electrons. The first-order chi connectivity index (χ1) is 9.31. The molecule has 0 bridgehead atoms. The fourth-order valence-electron chi connectivity index (χ4n) is 2.30. The van der Waals surface area contributed by atoms with Gasteiger partial charge in [-0.2, -0.15) is 0 Å². The average Bonchev–Trinajstić information content (AvgIpc) is 2.83. The number of hydrogen-bond donors (Lipinski definition) is 1. The molecule has 0 aliphatic heterocycles. The van der Waals surface area contributed by atoms with Crippen LogP contribution in [0.3, 0.4) is 0 Å². The fourth-order valence-corrected chi connectivity index (χ4v) is 2.59. The zero-order valence-corrected chi connectivity index (χ0v) is 11.4. The predicted octanol–water partition coefficient (Wildman–Crippen LogP) is 3.40. The van der Waals surface area contributed by atoms with Crippen LogP contribution in [-0.2, 0) is 6.54 Å². The van der Waals surface area contributed by atoms with E-state index < -0.39 is 0 Å². The molecule has 4 heteroatoms. The molecule has 1 heterocycles. The SMILES string of the molecule is CNCc1cccc(Cl)c1-n1cnc2ccccc21. The third kappa shape index (κ3) is 2.11. The van der Waals surface area contributed by atoms with E-state index in [1.165, 1.54) is 0 Å². The summed E-state index contributed by atoms with van der Waals surface area (Å²) in [6.45, 7) is 0.766. The Hall–Kier alpha value is -1.84. The number of hydrogen-bond acceptors (Lipinski definition) is 2. The average molecular weight is 272 g/mol. The lowest BCUT2D eigenvalue weighted by Gasteiger charge is -2.13. The Bertz CT molecular complexity index is 718. The first kappa shape index (κ1) is 12.2. The lowest BCUT2D eigenvalue weighted by molar-refractivity contribution is 0.809. The van der Waals surface area contributed by atoms with Crippen LogP contribution >= 0.6 is 11.6 Å². The molecule has 0 radical (unpaired) electrons. The first-order valence-electron chi connectivity index (χ1n) is 6.15. The van der Waals surface area contributed by atoms with Crippen LogP contribution in [0.25, 0.3) is 16.7 Å². The maximum Gasteiger partial charge on any atom is 0.100 e. The Morgan fingerprint density at radius 3 is 2.84 bits per heavy atom. The third-order valence-corrected chi connectivity index (χ3v) is 3.44. The van der Waals surface area contributed by atoms with Gasteiger partial charge in [0.25, 0.3) is 0 Å². The number of nitrogens with one attached hydrogen (secondary N) is 1. The Morgan fingerprint density at radius 1 is 1.16 bits per heavy atom. The molecule has 0 amide bonds. The van der Waals surface area contributed by atoms with E-state index in [2.05, 4.69) is 22.4 Å². The van der Waals surface area contributed by atoms with E-state index >= 15 is 0 Å². The molecule has 3 aromatic rings. The molecule has 0 aliphatic rings. The minimum absolute atomic E-state index is 0.732. The highest BCUT2D eigenvalue weighted by Crippen LogP contribution is 2.27. The van der Waals surface area contributed by atoms with Crippen LogP contribution < -0.4 is 5.32 Å². The van der Waals surface area contributed by atoms with Crippen molar-refractivity contribution in [2.75, 3.05) is 7.05 Å². The summed E-state index contributed by atoms with van der Waals surface area (Å²) in [7, 11) is 1.93. The number of imidazole rings is 1. The molecular formula is C15H14ClN3. The van der Waals surface area contributed by atoms with Crippen molar-refractivity contribution in [1.29, 1.82) is 0 Å². The maximum atomic E-state index is 6.38. The van der Waals surface area contributed by atoms with Crippen LogP contribution in [0.4, 0.5) is 0 Å². The number of rotatable bonds is 3. The van der Waals surface area contributed by atoms with E-state index in [4.69, 9.17) is 11.6 Å². The second-order valence-corrected chi connectivity index (χ2v) is 4.79. The van der Waals surface area contributed by atoms with Gasteiger partial charge in [0.05, 0.1) is 21.7 Å². The van der Waals surface area contributed by atoms with E-state index in [-0.39, 0.29) is 0 Å². The maximum absolute atomic E-state index is 6.38. The largest absolute Gasteiger partial charge is 0.316 e. The monoisotopic (exact) mass is 271 g/mol. The normalized spacial score (nSPS) is 11.1. The summed E-state index contributed by atoms with van der Waals surface area (Å²) in [5.74, 6) is 0. The molecule has 19 heavy (non-hydrogen) atoms. The van der Waals surface area contributed by atoms with Gasteiger partial charge in [-0.15, -0.1) is 0 Å². The van der Waals surface area contributed by atoms with E-state index in [0.29, 0.717) is 0 Å². The molecule has 3 rings (SSSR count). The number of aromatic nitrogens is 2. The third-order valence-electron chi connectivity index (χ3n) is 3.13. The molecule has 0 atom stereocenters. The van der Waals surface area contributed by atoms with Gasteiger partial charge in [-0.1, -0.05) is 35.9 Å². The van der Waals surface area contributed by atoms with Crippen LogP contribution in [0.15, 0.2) is 48.8 Å². The van der Waals surface area contributed by atoms with Crippen molar-refractivity contribution in [2.24, 2.45) is 0 Å². The lowest BCUT2D eigenvalue weighted by atomic mass is 10.1. The highest BCUT2D eigenvalue weighted by Gasteiger charge is 2.11. The molecule has 2 aromatic carbocycles. The van der Waals surface area contributed by atoms with Crippen molar-refractivity contribution >= 4 is 22.6 Å². The van der Waals surface area contributed by atoms with Crippen LogP contribution in [0, 0.1) is 0 Å². The second kappa shape index (κ2) is 5.03. The van der Waals surface area contributed by atoms with Crippen LogP contribution in [-0.4, -0.2) is 16.6 Å². The Balaban J connectivity index is 2.26. The number of halogens is 1. The van der Waals surface area contributed by atoms with Gasteiger partial charge in [-0.3, -0.25) is 4.57 Å². The summed E-state index contributed by atoms with van der Waals surface area (Å²) in [4.78, 5) is 4.42. The minimum atomic E-state index is 0.732. The topological polar surface area (TPSA) is 29.9 Å². The zero-order chi connectivity index (χ0) is 13.2. The van der Waals surface area contributed by atoms with Crippen LogP contribution in [0.5, 0.6) is 0 Å². The van der Waals surface area contributed by atoms with Crippen molar-refractivity contribution in [2.45, 2.75) is 6.54 Å². The molecule has 0 saturated heterocycles. The minimum Gasteiger partial charge on any atom is -0.316 e. The molecule has 3 nitrogen and oxygen atoms in total. The second-order valence-electron chi connectivity index (χ2n) is 4.38. The summed E-state index contributed by atoms with van der Waals surface area (Å²) in [6.07, 6.45) is 1.82. The molecule has 0 unspecified atom stereocenters. The van der Waals surface area contributed by atoms with Crippen LogP contribution in [0.2, 0.25) is 5.02 Å². The molecule has 1 aromatic heterocycles. The summed E-state index contributed by atoms with van der Waals surface area (Å²) in [5, 5.41) is 3.90. The van der Waals surface area contributed by atoms with Gasteiger partial charge in [0.1, 0.15) is 6.33 Å². The summed E-state index contributed by atoms with van der Waals surface area (Å²) < 4.78 is 2.05. The fraction of sp³-hybridized carbons (Fsp3) is 0.133. The van der Waals surface area contributed by atoms with Gasteiger partial charge < -0.3 is 5.32 Å². The molecule has 0 aliphatic carbocycles. The van der Waals surface area contributed by atoms with Crippen molar-refractivity contribution < 1.29 is 0 Å². The number of nitrogens with zero attached hydrogens (tertiary/aromatic N) is 2. The summed E-state index contributed by atoms with van der Waals surface area (Å²) >= 11 is 6.38. The standard InChI is InChI=1S/C15H14ClN3/c1-17-9-11-5-4-6-12(16)15(11)19-10-18-13-7-2-3-8-14(13)19/h2-8,10,17H,9H2,1H3. The Labute approximate surface area is 116 Å². The number of fused-ring (bicyclic) bond motifs is 1. The van der Waals surface area contributed by atoms with Gasteiger partial charge in [0.15, 0.2) is 0 Å². The van der Waals surface area contributed by atoms with Gasteiger partial charge in [0.2, 0.25) is 0 Å². The van der Waals surface area contributed by atoms with E-state index in [9.17, 15) is 0 Å².